The van der Waals surface area contributed by atoms with Crippen molar-refractivity contribution in [3.05, 3.63) is 76.8 Å². The number of amides is 1. The van der Waals surface area contributed by atoms with Crippen molar-refractivity contribution in [3.63, 3.8) is 0 Å². The Hall–Kier alpha value is -2.57. The summed E-state index contributed by atoms with van der Waals surface area (Å²) in [5.41, 5.74) is 0.966. The Kier molecular flexibility index (Phi) is 4.77. The maximum absolute atomic E-state index is 14.9. The van der Waals surface area contributed by atoms with Crippen LogP contribution in [-0.2, 0) is 10.3 Å². The molecule has 1 aliphatic heterocycles. The lowest BCUT2D eigenvalue weighted by Crippen LogP contribution is -2.41. The number of pyridine rings is 1. The van der Waals surface area contributed by atoms with Crippen LogP contribution in [0.3, 0.4) is 0 Å². The molecule has 144 valence electrons. The second-order valence-electron chi connectivity index (χ2n) is 6.76. The van der Waals surface area contributed by atoms with E-state index in [0.717, 1.165) is 11.2 Å². The van der Waals surface area contributed by atoms with Crippen molar-refractivity contribution < 1.29 is 9.18 Å². The van der Waals surface area contributed by atoms with E-state index in [0.29, 0.717) is 13.0 Å². The predicted octanol–water partition coefficient (Wildman–Crippen LogP) is 4.51. The molecule has 0 radical (unpaired) electrons. The summed E-state index contributed by atoms with van der Waals surface area (Å²) in [4.78, 5) is 13.8. The first-order valence-electron chi connectivity index (χ1n) is 8.70. The van der Waals surface area contributed by atoms with E-state index in [1.165, 1.54) is 18.2 Å². The Balaban J connectivity index is 1.81. The van der Waals surface area contributed by atoms with Crippen molar-refractivity contribution in [1.29, 1.82) is 0 Å². The average Bonchev–Trinajstić information content (AvgIpc) is 3.32. The van der Waals surface area contributed by atoms with Gasteiger partial charge in [-0.3, -0.25) is 4.79 Å². The summed E-state index contributed by atoms with van der Waals surface area (Å²) in [5, 5.41) is 8.03. The Bertz CT molecular complexity index is 1080. The molecule has 1 N–H and O–H groups in total. The van der Waals surface area contributed by atoms with E-state index in [1.807, 2.05) is 24.4 Å². The molecule has 8 heteroatoms. The van der Waals surface area contributed by atoms with Crippen LogP contribution in [-0.4, -0.2) is 33.5 Å². The first-order chi connectivity index (χ1) is 13.4. The molecule has 0 saturated carbocycles. The van der Waals surface area contributed by atoms with Gasteiger partial charge in [0, 0.05) is 24.8 Å². The number of hydrogen-bond acceptors (Lipinski definition) is 3. The second kappa shape index (κ2) is 7.11. The number of likely N-dealkylation sites (tertiary alicyclic amines) is 1. The van der Waals surface area contributed by atoms with Crippen LogP contribution < -0.4 is 5.32 Å². The maximum atomic E-state index is 14.9. The first kappa shape index (κ1) is 18.8. The van der Waals surface area contributed by atoms with Crippen LogP contribution in [0.1, 0.15) is 12.0 Å². The molecular weight excluding hydrogens is 402 g/mol. The molecule has 3 aromatic rings. The van der Waals surface area contributed by atoms with E-state index in [1.54, 1.807) is 15.6 Å². The number of anilines is 1. The third-order valence-electron chi connectivity index (χ3n) is 5.06. The highest BCUT2D eigenvalue weighted by molar-refractivity contribution is 6.42. The molecule has 1 fully saturated rings. The largest absolute Gasteiger partial charge is 0.372 e. The standard InChI is InChI=1S/C20H17Cl2FN4O/c1-2-17(28)26-10-8-20(12-26,18-16(23)6-5-15(21)19(18)22)25-13-3-4-14-7-9-24-27(14)11-13/h2-7,9,11,25H,1,8,10,12H2/t20-/m1/s1. The zero-order valence-electron chi connectivity index (χ0n) is 14.8. The van der Waals surface area contributed by atoms with Crippen LogP contribution in [0.25, 0.3) is 5.52 Å². The molecule has 1 aromatic carbocycles. The summed E-state index contributed by atoms with van der Waals surface area (Å²) in [6, 6.07) is 8.39. The maximum Gasteiger partial charge on any atom is 0.246 e. The van der Waals surface area contributed by atoms with Gasteiger partial charge in [-0.15, -0.1) is 0 Å². The number of rotatable bonds is 4. The van der Waals surface area contributed by atoms with Gasteiger partial charge in [0.1, 0.15) is 5.82 Å². The highest BCUT2D eigenvalue weighted by atomic mass is 35.5. The van der Waals surface area contributed by atoms with Crippen LogP contribution in [0.15, 0.2) is 55.4 Å². The highest BCUT2D eigenvalue weighted by Crippen LogP contribution is 2.43. The fraction of sp³-hybridized carbons (Fsp3) is 0.200. The van der Waals surface area contributed by atoms with Gasteiger partial charge >= 0.3 is 0 Å². The number of carbonyl (C=O) groups excluding carboxylic acids is 1. The summed E-state index contributed by atoms with van der Waals surface area (Å²) < 4.78 is 16.6. The molecule has 3 heterocycles. The van der Waals surface area contributed by atoms with Crippen molar-refractivity contribution in [1.82, 2.24) is 14.5 Å². The quantitative estimate of drug-likeness (QED) is 0.500. The number of halogens is 3. The zero-order valence-corrected chi connectivity index (χ0v) is 16.3. The van der Waals surface area contributed by atoms with Gasteiger partial charge in [-0.05, 0) is 42.8 Å². The normalized spacial score (nSPS) is 19.2. The van der Waals surface area contributed by atoms with Crippen molar-refractivity contribution in [2.24, 2.45) is 0 Å². The minimum Gasteiger partial charge on any atom is -0.372 e. The first-order valence-corrected chi connectivity index (χ1v) is 9.46. The molecule has 1 aliphatic rings. The summed E-state index contributed by atoms with van der Waals surface area (Å²) in [6.07, 6.45) is 5.22. The van der Waals surface area contributed by atoms with Crippen LogP contribution in [0, 0.1) is 5.82 Å². The Morgan fingerprint density at radius 2 is 2.11 bits per heavy atom. The van der Waals surface area contributed by atoms with Gasteiger partial charge in [-0.1, -0.05) is 29.8 Å². The lowest BCUT2D eigenvalue weighted by atomic mass is 9.88. The number of aromatic nitrogens is 2. The molecule has 0 unspecified atom stereocenters. The van der Waals surface area contributed by atoms with E-state index in [2.05, 4.69) is 17.0 Å². The molecule has 1 saturated heterocycles. The molecule has 2 aromatic heterocycles. The summed E-state index contributed by atoms with van der Waals surface area (Å²) in [6.45, 7) is 4.21. The zero-order chi connectivity index (χ0) is 19.9. The number of hydrogen-bond donors (Lipinski definition) is 1. The summed E-state index contributed by atoms with van der Waals surface area (Å²) in [7, 11) is 0. The smallest absolute Gasteiger partial charge is 0.246 e. The minimum absolute atomic E-state index is 0.141. The van der Waals surface area contributed by atoms with Gasteiger partial charge in [0.2, 0.25) is 5.91 Å². The van der Waals surface area contributed by atoms with E-state index >= 15 is 0 Å². The van der Waals surface area contributed by atoms with Gasteiger partial charge in [0.15, 0.2) is 0 Å². The molecule has 5 nitrogen and oxygen atoms in total. The molecule has 0 aliphatic carbocycles. The molecule has 0 spiro atoms. The Labute approximate surface area is 171 Å². The highest BCUT2D eigenvalue weighted by Gasteiger charge is 2.44. The topological polar surface area (TPSA) is 49.6 Å². The van der Waals surface area contributed by atoms with Crippen molar-refractivity contribution in [3.8, 4) is 0 Å². The number of carbonyl (C=O) groups is 1. The molecule has 1 atom stereocenters. The number of nitrogens with zero attached hydrogens (tertiary/aromatic N) is 3. The second-order valence-corrected chi connectivity index (χ2v) is 7.54. The van der Waals surface area contributed by atoms with Gasteiger partial charge in [0.05, 0.1) is 33.0 Å². The molecule has 4 rings (SSSR count). The number of fused-ring (bicyclic) bond motifs is 1. The Morgan fingerprint density at radius 1 is 1.29 bits per heavy atom. The van der Waals surface area contributed by atoms with E-state index in [9.17, 15) is 9.18 Å². The van der Waals surface area contributed by atoms with Crippen LogP contribution >= 0.6 is 23.2 Å². The van der Waals surface area contributed by atoms with E-state index in [4.69, 9.17) is 23.2 Å². The van der Waals surface area contributed by atoms with Crippen molar-refractivity contribution >= 4 is 40.3 Å². The third kappa shape index (κ3) is 3.12. The van der Waals surface area contributed by atoms with Crippen LogP contribution in [0.2, 0.25) is 10.0 Å². The predicted molar refractivity (Wildman–Crippen MR) is 108 cm³/mol. The number of nitrogens with one attached hydrogen (secondary N) is 1. The lowest BCUT2D eigenvalue weighted by Gasteiger charge is -2.33. The molecule has 1 amide bonds. The molecule has 28 heavy (non-hydrogen) atoms. The fourth-order valence-corrected chi connectivity index (χ4v) is 4.22. The van der Waals surface area contributed by atoms with E-state index in [-0.39, 0.29) is 28.1 Å². The van der Waals surface area contributed by atoms with Crippen molar-refractivity contribution in [2.45, 2.75) is 12.0 Å². The van der Waals surface area contributed by atoms with Gasteiger partial charge in [-0.25, -0.2) is 8.91 Å². The van der Waals surface area contributed by atoms with Gasteiger partial charge < -0.3 is 10.2 Å². The fourth-order valence-electron chi connectivity index (χ4n) is 3.73. The Morgan fingerprint density at radius 3 is 2.89 bits per heavy atom. The average molecular weight is 419 g/mol. The molecule has 0 bridgehead atoms. The van der Waals surface area contributed by atoms with E-state index < -0.39 is 11.4 Å². The summed E-state index contributed by atoms with van der Waals surface area (Å²) in [5.74, 6) is -0.695. The summed E-state index contributed by atoms with van der Waals surface area (Å²) >= 11 is 12.6. The SMILES string of the molecule is C=CC(=O)N1CC[C@](Nc2ccc3ccnn3c2)(c2c(F)ccc(Cl)c2Cl)C1. The van der Waals surface area contributed by atoms with Gasteiger partial charge in [-0.2, -0.15) is 5.10 Å². The third-order valence-corrected chi connectivity index (χ3v) is 5.86. The van der Waals surface area contributed by atoms with Crippen molar-refractivity contribution in [2.75, 3.05) is 18.4 Å². The molecular formula is C20H17Cl2FN4O. The van der Waals surface area contributed by atoms with Gasteiger partial charge in [0.25, 0.3) is 0 Å². The number of benzene rings is 1. The van der Waals surface area contributed by atoms with Crippen LogP contribution in [0.4, 0.5) is 10.1 Å². The van der Waals surface area contributed by atoms with Crippen LogP contribution in [0.5, 0.6) is 0 Å². The lowest BCUT2D eigenvalue weighted by molar-refractivity contribution is -0.125. The monoisotopic (exact) mass is 418 g/mol. The minimum atomic E-state index is -0.939.